The van der Waals surface area contributed by atoms with Crippen molar-refractivity contribution >= 4 is 5.91 Å². The molecule has 3 heteroatoms. The van der Waals surface area contributed by atoms with Gasteiger partial charge < -0.3 is 11.1 Å². The molecule has 1 aromatic rings. The van der Waals surface area contributed by atoms with Crippen molar-refractivity contribution in [2.24, 2.45) is 5.73 Å². The second-order valence-electron chi connectivity index (χ2n) is 3.96. The van der Waals surface area contributed by atoms with Gasteiger partial charge in [0.2, 0.25) is 5.91 Å². The van der Waals surface area contributed by atoms with Gasteiger partial charge in [0, 0.05) is 19.0 Å². The number of nitrogens with one attached hydrogen (secondary N) is 1. The first-order chi connectivity index (χ1) is 7.72. The molecule has 0 aliphatic heterocycles. The molecule has 3 N–H and O–H groups in total. The summed E-state index contributed by atoms with van der Waals surface area (Å²) in [6.45, 7) is 2.59. The van der Waals surface area contributed by atoms with Crippen LogP contribution in [0, 0.1) is 0 Å². The molecule has 1 unspecified atom stereocenters. The van der Waals surface area contributed by atoms with Gasteiger partial charge in [-0.25, -0.2) is 0 Å². The van der Waals surface area contributed by atoms with Crippen LogP contribution >= 0.6 is 0 Å². The maximum atomic E-state index is 11.5. The number of hydrogen-bond donors (Lipinski definition) is 2. The molecular formula is C13H20N2O. The fraction of sp³-hybridized carbons (Fsp3) is 0.462. The third-order valence-corrected chi connectivity index (χ3v) is 2.57. The van der Waals surface area contributed by atoms with E-state index in [2.05, 4.69) is 5.32 Å². The first-order valence-electron chi connectivity index (χ1n) is 5.78. The van der Waals surface area contributed by atoms with Gasteiger partial charge in [0.05, 0.1) is 0 Å². The van der Waals surface area contributed by atoms with Crippen LogP contribution in [0.3, 0.4) is 0 Å². The molecule has 0 saturated heterocycles. The van der Waals surface area contributed by atoms with Crippen LogP contribution < -0.4 is 11.1 Å². The first kappa shape index (κ1) is 12.7. The summed E-state index contributed by atoms with van der Waals surface area (Å²) in [5.74, 6) is 0.0766. The van der Waals surface area contributed by atoms with E-state index in [-0.39, 0.29) is 11.9 Å². The maximum absolute atomic E-state index is 11.5. The van der Waals surface area contributed by atoms with Crippen LogP contribution in [0.5, 0.6) is 0 Å². The highest BCUT2D eigenvalue weighted by Gasteiger charge is 2.04. The number of amides is 1. The van der Waals surface area contributed by atoms with Crippen molar-refractivity contribution in [2.45, 2.75) is 32.2 Å². The van der Waals surface area contributed by atoms with Crippen molar-refractivity contribution in [3.8, 4) is 0 Å². The Kier molecular flexibility index (Phi) is 5.57. The number of nitrogens with two attached hydrogens (primary N) is 1. The Bertz CT molecular complexity index is 311. The molecule has 0 fully saturated rings. The third kappa shape index (κ3) is 4.94. The molecular weight excluding hydrogens is 200 g/mol. The summed E-state index contributed by atoms with van der Waals surface area (Å²) in [7, 11) is 0. The summed E-state index contributed by atoms with van der Waals surface area (Å²) in [5.41, 5.74) is 6.91. The highest BCUT2D eigenvalue weighted by molar-refractivity contribution is 5.76. The molecule has 16 heavy (non-hydrogen) atoms. The lowest BCUT2D eigenvalue weighted by Crippen LogP contribution is -2.36. The Morgan fingerprint density at radius 3 is 2.69 bits per heavy atom. The van der Waals surface area contributed by atoms with Crippen molar-refractivity contribution in [2.75, 3.05) is 6.54 Å². The van der Waals surface area contributed by atoms with E-state index in [1.165, 1.54) is 5.56 Å². The van der Waals surface area contributed by atoms with Crippen molar-refractivity contribution in [3.05, 3.63) is 35.9 Å². The molecule has 0 aliphatic carbocycles. The van der Waals surface area contributed by atoms with Crippen molar-refractivity contribution in [1.29, 1.82) is 0 Å². The summed E-state index contributed by atoms with van der Waals surface area (Å²) in [6, 6.07) is 10.1. The van der Waals surface area contributed by atoms with E-state index >= 15 is 0 Å². The van der Waals surface area contributed by atoms with Crippen molar-refractivity contribution in [3.63, 3.8) is 0 Å². The zero-order chi connectivity index (χ0) is 11.8. The number of benzene rings is 1. The molecule has 0 aromatic heterocycles. The molecule has 3 nitrogen and oxygen atoms in total. The van der Waals surface area contributed by atoms with Crippen LogP contribution in [0.4, 0.5) is 0 Å². The Morgan fingerprint density at radius 1 is 1.38 bits per heavy atom. The predicted octanol–water partition coefficient (Wildman–Crippen LogP) is 1.47. The van der Waals surface area contributed by atoms with Gasteiger partial charge in [-0.2, -0.15) is 0 Å². The van der Waals surface area contributed by atoms with Gasteiger partial charge in [0.1, 0.15) is 0 Å². The third-order valence-electron chi connectivity index (χ3n) is 2.57. The van der Waals surface area contributed by atoms with E-state index in [9.17, 15) is 4.79 Å². The second kappa shape index (κ2) is 7.01. The van der Waals surface area contributed by atoms with Crippen molar-refractivity contribution in [1.82, 2.24) is 5.32 Å². The topological polar surface area (TPSA) is 55.1 Å². The molecule has 0 saturated carbocycles. The molecule has 1 aromatic carbocycles. The van der Waals surface area contributed by atoms with Gasteiger partial charge in [-0.05, 0) is 18.4 Å². The molecule has 0 spiro atoms. The van der Waals surface area contributed by atoms with Gasteiger partial charge in [0.15, 0.2) is 0 Å². The summed E-state index contributed by atoms with van der Waals surface area (Å²) in [4.78, 5) is 11.5. The molecule has 0 radical (unpaired) electrons. The smallest absolute Gasteiger partial charge is 0.220 e. The van der Waals surface area contributed by atoms with Gasteiger partial charge in [0.25, 0.3) is 0 Å². The van der Waals surface area contributed by atoms with Crippen LogP contribution in [0.15, 0.2) is 30.3 Å². The van der Waals surface area contributed by atoms with Gasteiger partial charge in [-0.3, -0.25) is 4.79 Å². The van der Waals surface area contributed by atoms with Crippen molar-refractivity contribution < 1.29 is 4.79 Å². The predicted molar refractivity (Wildman–Crippen MR) is 66.0 cm³/mol. The zero-order valence-electron chi connectivity index (χ0n) is 9.78. The van der Waals surface area contributed by atoms with E-state index in [4.69, 9.17) is 5.73 Å². The minimum atomic E-state index is 0.0701. The highest BCUT2D eigenvalue weighted by atomic mass is 16.1. The Hall–Kier alpha value is -1.35. The van der Waals surface area contributed by atoms with Crippen LogP contribution in [0.1, 0.15) is 25.3 Å². The number of carbonyl (C=O) groups excluding carboxylic acids is 1. The van der Waals surface area contributed by atoms with Crippen LogP contribution in [0.2, 0.25) is 0 Å². The fourth-order valence-electron chi connectivity index (χ4n) is 1.38. The Labute approximate surface area is 97.0 Å². The minimum Gasteiger partial charge on any atom is -0.355 e. The minimum absolute atomic E-state index is 0.0701. The van der Waals surface area contributed by atoms with Gasteiger partial charge in [-0.15, -0.1) is 0 Å². The summed E-state index contributed by atoms with van der Waals surface area (Å²) in [6.07, 6.45) is 2.20. The summed E-state index contributed by atoms with van der Waals surface area (Å²) < 4.78 is 0. The van der Waals surface area contributed by atoms with Gasteiger partial charge >= 0.3 is 0 Å². The standard InChI is InChI=1S/C13H20N2O/c1-2-12(14)10-15-13(16)9-8-11-6-4-3-5-7-11/h3-7,12H,2,8-10,14H2,1H3,(H,15,16). The van der Waals surface area contributed by atoms with Gasteiger partial charge in [-0.1, -0.05) is 37.3 Å². The molecule has 88 valence electrons. The molecule has 1 amide bonds. The number of rotatable bonds is 6. The molecule has 1 atom stereocenters. The van der Waals surface area contributed by atoms with E-state index in [0.717, 1.165) is 12.8 Å². The number of aryl methyl sites for hydroxylation is 1. The molecule has 1 rings (SSSR count). The largest absolute Gasteiger partial charge is 0.355 e. The lowest BCUT2D eigenvalue weighted by atomic mass is 10.1. The Morgan fingerprint density at radius 2 is 2.06 bits per heavy atom. The average molecular weight is 220 g/mol. The summed E-state index contributed by atoms with van der Waals surface area (Å²) in [5, 5.41) is 2.84. The SMILES string of the molecule is CCC(N)CNC(=O)CCc1ccccc1. The van der Waals surface area contributed by atoms with E-state index in [1.807, 2.05) is 37.3 Å². The van der Waals surface area contributed by atoms with E-state index in [1.54, 1.807) is 0 Å². The number of hydrogen-bond acceptors (Lipinski definition) is 2. The lowest BCUT2D eigenvalue weighted by Gasteiger charge is -2.10. The Balaban J connectivity index is 2.20. The molecule has 0 aliphatic rings. The summed E-state index contributed by atoms with van der Waals surface area (Å²) >= 11 is 0. The first-order valence-corrected chi connectivity index (χ1v) is 5.78. The van der Waals surface area contributed by atoms with Crippen LogP contribution in [-0.4, -0.2) is 18.5 Å². The monoisotopic (exact) mass is 220 g/mol. The molecule has 0 bridgehead atoms. The fourth-order valence-corrected chi connectivity index (χ4v) is 1.38. The quantitative estimate of drug-likeness (QED) is 0.763. The maximum Gasteiger partial charge on any atom is 0.220 e. The molecule has 0 heterocycles. The second-order valence-corrected chi connectivity index (χ2v) is 3.96. The highest BCUT2D eigenvalue weighted by Crippen LogP contribution is 2.01. The number of carbonyl (C=O) groups is 1. The average Bonchev–Trinajstić information content (AvgIpc) is 2.34. The zero-order valence-corrected chi connectivity index (χ0v) is 9.78. The van der Waals surface area contributed by atoms with E-state index < -0.39 is 0 Å². The van der Waals surface area contributed by atoms with E-state index in [0.29, 0.717) is 13.0 Å². The normalized spacial score (nSPS) is 12.1. The van der Waals surface area contributed by atoms with Crippen LogP contribution in [-0.2, 0) is 11.2 Å². The lowest BCUT2D eigenvalue weighted by molar-refractivity contribution is -0.121. The van der Waals surface area contributed by atoms with Crippen LogP contribution in [0.25, 0.3) is 0 Å².